The van der Waals surface area contributed by atoms with Crippen LogP contribution in [-0.2, 0) is 15.3 Å². The van der Waals surface area contributed by atoms with Crippen molar-refractivity contribution < 1.29 is 15.3 Å². The fourth-order valence-corrected chi connectivity index (χ4v) is 2.90. The summed E-state index contributed by atoms with van der Waals surface area (Å²) in [4.78, 5) is 1.78. The number of thioether (sulfide) groups is 1. The van der Waals surface area contributed by atoms with Crippen LogP contribution < -0.4 is 4.90 Å². The third-order valence-electron chi connectivity index (χ3n) is 2.47. The van der Waals surface area contributed by atoms with E-state index < -0.39 is 0 Å². The summed E-state index contributed by atoms with van der Waals surface area (Å²) >= 11 is 5.88. The Morgan fingerprint density at radius 1 is 1.59 bits per heavy atom. The van der Waals surface area contributed by atoms with Gasteiger partial charge in [-0.1, -0.05) is 0 Å². The van der Waals surface area contributed by atoms with Crippen LogP contribution in [0.3, 0.4) is 0 Å². The van der Waals surface area contributed by atoms with Gasteiger partial charge in [-0.3, -0.25) is 0 Å². The number of nitriles is 1. The van der Waals surface area contributed by atoms with Crippen molar-refractivity contribution in [3.63, 3.8) is 0 Å². The van der Waals surface area contributed by atoms with Gasteiger partial charge < -0.3 is 0 Å². The summed E-state index contributed by atoms with van der Waals surface area (Å²) < 4.78 is 0.825. The van der Waals surface area contributed by atoms with E-state index >= 15 is 0 Å². The second-order valence-electron chi connectivity index (χ2n) is 3.45. The van der Waals surface area contributed by atoms with Gasteiger partial charge >= 0.3 is 113 Å². The molecule has 0 spiro atoms. The fourth-order valence-electron chi connectivity index (χ4n) is 1.65. The van der Waals surface area contributed by atoms with Crippen molar-refractivity contribution in [2.24, 2.45) is 0 Å². The maximum atomic E-state index is 8.94. The first-order valence-electron chi connectivity index (χ1n) is 5.01. The van der Waals surface area contributed by atoms with Crippen LogP contribution in [0.5, 0.6) is 0 Å². The molecule has 3 nitrogen and oxygen atoms in total. The van der Waals surface area contributed by atoms with E-state index in [1.54, 1.807) is 17.0 Å². The molecule has 2 rings (SSSR count). The van der Waals surface area contributed by atoms with Gasteiger partial charge in [-0.2, -0.15) is 0 Å². The Labute approximate surface area is 112 Å². The molecule has 0 atom stereocenters. The third kappa shape index (κ3) is 2.25. The molecule has 0 aliphatic carbocycles. The van der Waals surface area contributed by atoms with Crippen LogP contribution in [0.1, 0.15) is 18.1 Å². The van der Waals surface area contributed by atoms with Crippen molar-refractivity contribution in [1.82, 2.24) is 0 Å². The van der Waals surface area contributed by atoms with Gasteiger partial charge in [-0.05, 0) is 0 Å². The van der Waals surface area contributed by atoms with Gasteiger partial charge in [-0.15, -0.1) is 0 Å². The SMILES string of the molecule is C[CH-]c1ccc(C#N)cc1N1C(=N)SC[C]1=[Co]. The summed E-state index contributed by atoms with van der Waals surface area (Å²) in [6.45, 7) is 1.94. The van der Waals surface area contributed by atoms with Crippen LogP contribution in [0, 0.1) is 23.2 Å². The monoisotopic (exact) mass is 287 g/mol. The van der Waals surface area contributed by atoms with E-state index in [1.165, 1.54) is 11.8 Å². The Balaban J connectivity index is 2.53. The van der Waals surface area contributed by atoms with Crippen LogP contribution in [0.4, 0.5) is 5.69 Å². The number of anilines is 1. The average Bonchev–Trinajstić information content (AvgIpc) is 2.68. The predicted octanol–water partition coefficient (Wildman–Crippen LogP) is 2.30. The summed E-state index contributed by atoms with van der Waals surface area (Å²) in [5.74, 6) is 0.707. The van der Waals surface area contributed by atoms with Crippen molar-refractivity contribution in [2.45, 2.75) is 6.92 Å². The zero-order valence-electron chi connectivity index (χ0n) is 9.15. The van der Waals surface area contributed by atoms with E-state index in [0.717, 1.165) is 15.8 Å². The molecule has 0 amide bonds. The molecule has 1 aromatic carbocycles. The maximum absolute atomic E-state index is 8.94. The topological polar surface area (TPSA) is 50.9 Å². The molecular formula is C12H10CoN3S-. The summed E-state index contributed by atoms with van der Waals surface area (Å²) in [5.41, 5.74) is 2.45. The number of benzene rings is 1. The van der Waals surface area contributed by atoms with Gasteiger partial charge in [0.1, 0.15) is 0 Å². The molecule has 0 saturated carbocycles. The first kappa shape index (κ1) is 12.2. The van der Waals surface area contributed by atoms with Gasteiger partial charge in [-0.25, -0.2) is 0 Å². The zero-order valence-corrected chi connectivity index (χ0v) is 11.0. The van der Waals surface area contributed by atoms with Crippen LogP contribution >= 0.6 is 11.8 Å². The summed E-state index contributed by atoms with van der Waals surface area (Å²) in [6, 6.07) is 7.59. The molecule has 1 N–H and O–H groups in total. The first-order chi connectivity index (χ1) is 8.17. The summed E-state index contributed by atoms with van der Waals surface area (Å²) in [5, 5.41) is 17.3. The normalized spacial score (nSPS) is 15.0. The number of amidine groups is 1. The van der Waals surface area contributed by atoms with E-state index in [1.807, 2.05) is 19.4 Å². The van der Waals surface area contributed by atoms with E-state index in [0.29, 0.717) is 16.5 Å². The summed E-state index contributed by atoms with van der Waals surface area (Å²) in [6.07, 6.45) is 1.97. The molecule has 1 aliphatic heterocycles. The quantitative estimate of drug-likeness (QED) is 0.849. The molecule has 17 heavy (non-hydrogen) atoms. The first-order valence-corrected chi connectivity index (χ1v) is 6.52. The Morgan fingerprint density at radius 3 is 2.88 bits per heavy atom. The molecule has 1 heterocycles. The Hall–Kier alpha value is -1.22. The third-order valence-corrected chi connectivity index (χ3v) is 3.98. The van der Waals surface area contributed by atoms with Crippen LogP contribution in [0.2, 0.25) is 0 Å². The molecule has 0 aromatic heterocycles. The van der Waals surface area contributed by atoms with Gasteiger partial charge in [0.2, 0.25) is 0 Å². The molecular weight excluding hydrogens is 277 g/mol. The molecule has 1 aromatic rings. The van der Waals surface area contributed by atoms with Crippen molar-refractivity contribution in [3.8, 4) is 6.07 Å². The molecule has 5 heteroatoms. The van der Waals surface area contributed by atoms with Crippen molar-refractivity contribution in [1.29, 1.82) is 10.7 Å². The number of nitrogens with zero attached hydrogens (tertiary/aromatic N) is 2. The van der Waals surface area contributed by atoms with Crippen molar-refractivity contribution in [3.05, 3.63) is 35.7 Å². The van der Waals surface area contributed by atoms with Crippen LogP contribution in [-0.4, -0.2) is 15.5 Å². The van der Waals surface area contributed by atoms with Gasteiger partial charge in [0.15, 0.2) is 0 Å². The molecule has 0 unspecified atom stereocenters. The van der Waals surface area contributed by atoms with E-state index in [4.69, 9.17) is 10.7 Å². The molecule has 1 saturated heterocycles. The Morgan fingerprint density at radius 2 is 2.35 bits per heavy atom. The standard InChI is InChI=1S/C12H10N3S.Co/c1-2-10-4-3-9(8-13)7-11(10)15-5-6-16-12(15)14;/h2-4,7,14H,6H2,1H3;/q-1;. The molecule has 1 aliphatic rings. The molecule has 0 radical (unpaired) electrons. The molecule has 89 valence electrons. The Kier molecular flexibility index (Phi) is 3.57. The van der Waals surface area contributed by atoms with Crippen molar-refractivity contribution in [2.75, 3.05) is 10.7 Å². The number of nitrogens with one attached hydrogen (secondary N) is 1. The van der Waals surface area contributed by atoms with Gasteiger partial charge in [0.25, 0.3) is 0 Å². The Bertz CT molecular complexity index is 517. The minimum atomic E-state index is 0.450. The minimum absolute atomic E-state index is 0.450. The predicted molar refractivity (Wildman–Crippen MR) is 67.9 cm³/mol. The summed E-state index contributed by atoms with van der Waals surface area (Å²) in [7, 11) is 0. The number of hydrogen-bond acceptors (Lipinski definition) is 3. The van der Waals surface area contributed by atoms with Gasteiger partial charge in [0, 0.05) is 0 Å². The van der Waals surface area contributed by atoms with Crippen molar-refractivity contribution >= 4 is 27.2 Å². The molecule has 1 fully saturated rings. The average molecular weight is 287 g/mol. The zero-order chi connectivity index (χ0) is 12.4. The number of hydrogen-bond donors (Lipinski definition) is 1. The van der Waals surface area contributed by atoms with E-state index in [9.17, 15) is 0 Å². The van der Waals surface area contributed by atoms with E-state index in [-0.39, 0.29) is 0 Å². The second kappa shape index (κ2) is 4.96. The van der Waals surface area contributed by atoms with Crippen LogP contribution in [0.25, 0.3) is 0 Å². The fraction of sp³-hybridized carbons (Fsp3) is 0.167. The number of rotatable bonds is 2. The van der Waals surface area contributed by atoms with Crippen LogP contribution in [0.15, 0.2) is 18.2 Å². The second-order valence-corrected chi connectivity index (χ2v) is 5.02. The molecule has 0 bridgehead atoms. The van der Waals surface area contributed by atoms with Gasteiger partial charge in [0.05, 0.1) is 0 Å². The van der Waals surface area contributed by atoms with E-state index in [2.05, 4.69) is 21.4 Å².